The fraction of sp³-hybridized carbons (Fsp3) is 0.333. The summed E-state index contributed by atoms with van der Waals surface area (Å²) in [4.78, 5) is 16.9. The maximum Gasteiger partial charge on any atom is 0.322 e. The third kappa shape index (κ3) is 3.94. The second kappa shape index (κ2) is 7.25. The van der Waals surface area contributed by atoms with Gasteiger partial charge < -0.3 is 10.1 Å². The van der Waals surface area contributed by atoms with Gasteiger partial charge in [0.05, 0.1) is 11.6 Å². The Morgan fingerprint density at radius 1 is 1.30 bits per heavy atom. The molecule has 2 heterocycles. The van der Waals surface area contributed by atoms with Crippen molar-refractivity contribution in [3.8, 4) is 6.01 Å². The van der Waals surface area contributed by atoms with Gasteiger partial charge in [-0.05, 0) is 37.7 Å². The molecule has 20 heavy (non-hydrogen) atoms. The van der Waals surface area contributed by atoms with Gasteiger partial charge in [0, 0.05) is 12.7 Å². The maximum absolute atomic E-state index is 6.07. The Morgan fingerprint density at radius 2 is 2.15 bits per heavy atom. The molecular formula is C12H14ClN5OS. The van der Waals surface area contributed by atoms with Gasteiger partial charge in [0.1, 0.15) is 5.03 Å². The molecular weight excluding hydrogens is 298 g/mol. The van der Waals surface area contributed by atoms with Crippen molar-refractivity contribution in [2.24, 2.45) is 0 Å². The summed E-state index contributed by atoms with van der Waals surface area (Å²) in [5, 5.41) is 4.72. The Labute approximate surface area is 126 Å². The van der Waals surface area contributed by atoms with Gasteiger partial charge in [-0.25, -0.2) is 4.98 Å². The molecule has 0 spiro atoms. The van der Waals surface area contributed by atoms with Crippen LogP contribution in [0.4, 0.5) is 5.95 Å². The summed E-state index contributed by atoms with van der Waals surface area (Å²) in [6, 6.07) is 3.83. The Hall–Kier alpha value is -1.60. The highest BCUT2D eigenvalue weighted by Gasteiger charge is 2.11. The number of pyridine rings is 1. The minimum atomic E-state index is 0.285. The summed E-state index contributed by atoms with van der Waals surface area (Å²) in [6.07, 6.45) is 1.67. The maximum atomic E-state index is 6.07. The fourth-order valence-corrected chi connectivity index (χ4v) is 2.29. The first-order valence-electron chi connectivity index (χ1n) is 6.14. The molecule has 106 valence electrons. The predicted octanol–water partition coefficient (Wildman–Crippen LogP) is 2.90. The lowest BCUT2D eigenvalue weighted by molar-refractivity contribution is 0.308. The summed E-state index contributed by atoms with van der Waals surface area (Å²) in [7, 11) is 0. The molecule has 2 rings (SSSR count). The summed E-state index contributed by atoms with van der Waals surface area (Å²) in [6.45, 7) is 5.04. The highest BCUT2D eigenvalue weighted by atomic mass is 35.5. The average Bonchev–Trinajstić information content (AvgIpc) is 2.42. The van der Waals surface area contributed by atoms with Crippen LogP contribution in [0.1, 0.15) is 13.8 Å². The number of nitrogens with zero attached hydrogens (tertiary/aromatic N) is 4. The monoisotopic (exact) mass is 311 g/mol. The molecule has 0 aliphatic rings. The molecule has 0 atom stereocenters. The summed E-state index contributed by atoms with van der Waals surface area (Å²) in [5.41, 5.74) is 0. The van der Waals surface area contributed by atoms with Crippen molar-refractivity contribution in [2.45, 2.75) is 24.0 Å². The van der Waals surface area contributed by atoms with Gasteiger partial charge in [0.15, 0.2) is 0 Å². The molecule has 0 aliphatic heterocycles. The van der Waals surface area contributed by atoms with Crippen molar-refractivity contribution in [2.75, 3.05) is 18.5 Å². The van der Waals surface area contributed by atoms with Gasteiger partial charge in [-0.15, -0.1) is 0 Å². The number of hydrogen-bond acceptors (Lipinski definition) is 7. The number of aromatic nitrogens is 4. The number of halogens is 1. The lowest BCUT2D eigenvalue weighted by Crippen LogP contribution is -2.07. The molecule has 0 bridgehead atoms. The van der Waals surface area contributed by atoms with Crippen molar-refractivity contribution in [1.29, 1.82) is 0 Å². The number of ether oxygens (including phenoxy) is 1. The van der Waals surface area contributed by atoms with Crippen LogP contribution in [0.15, 0.2) is 28.5 Å². The van der Waals surface area contributed by atoms with E-state index in [2.05, 4.69) is 25.3 Å². The second-order valence-electron chi connectivity index (χ2n) is 3.58. The van der Waals surface area contributed by atoms with Gasteiger partial charge in [-0.1, -0.05) is 11.6 Å². The van der Waals surface area contributed by atoms with E-state index in [1.54, 1.807) is 18.3 Å². The van der Waals surface area contributed by atoms with Gasteiger partial charge in [0.2, 0.25) is 11.1 Å². The Bertz CT molecular complexity index is 559. The topological polar surface area (TPSA) is 72.8 Å². The van der Waals surface area contributed by atoms with E-state index < -0.39 is 0 Å². The van der Waals surface area contributed by atoms with Crippen LogP contribution < -0.4 is 10.1 Å². The summed E-state index contributed by atoms with van der Waals surface area (Å²) < 4.78 is 5.33. The largest absolute Gasteiger partial charge is 0.464 e. The Kier molecular flexibility index (Phi) is 5.37. The fourth-order valence-electron chi connectivity index (χ4n) is 1.35. The van der Waals surface area contributed by atoms with Gasteiger partial charge in [0.25, 0.3) is 0 Å². The van der Waals surface area contributed by atoms with Crippen LogP contribution in [-0.2, 0) is 0 Å². The van der Waals surface area contributed by atoms with Crippen molar-refractivity contribution in [1.82, 2.24) is 19.9 Å². The zero-order valence-corrected chi connectivity index (χ0v) is 12.7. The first-order valence-corrected chi connectivity index (χ1v) is 7.33. The van der Waals surface area contributed by atoms with Crippen LogP contribution in [0, 0.1) is 0 Å². The quantitative estimate of drug-likeness (QED) is 0.879. The zero-order valence-electron chi connectivity index (χ0n) is 11.1. The number of rotatable bonds is 6. The van der Waals surface area contributed by atoms with Crippen molar-refractivity contribution < 1.29 is 4.74 Å². The standard InChI is InChI=1S/C12H14ClN5OS/c1-3-14-10-16-11(19-4-2)18-12(17-10)20-9-8(13)6-5-7-15-9/h5-7H,3-4H2,1-2H3,(H,14,16,17,18). The van der Waals surface area contributed by atoms with Crippen LogP contribution in [-0.4, -0.2) is 33.1 Å². The van der Waals surface area contributed by atoms with Crippen LogP contribution in [0.5, 0.6) is 6.01 Å². The molecule has 0 amide bonds. The molecule has 6 nitrogen and oxygen atoms in total. The summed E-state index contributed by atoms with van der Waals surface area (Å²) >= 11 is 7.34. The molecule has 2 aromatic heterocycles. The van der Waals surface area contributed by atoms with E-state index in [1.165, 1.54) is 11.8 Å². The van der Waals surface area contributed by atoms with Gasteiger partial charge in [-0.2, -0.15) is 15.0 Å². The molecule has 0 radical (unpaired) electrons. The highest BCUT2D eigenvalue weighted by Crippen LogP contribution is 2.29. The molecule has 0 fully saturated rings. The first kappa shape index (κ1) is 14.8. The second-order valence-corrected chi connectivity index (χ2v) is 4.94. The van der Waals surface area contributed by atoms with Crippen LogP contribution in [0.25, 0.3) is 0 Å². The van der Waals surface area contributed by atoms with Crippen molar-refractivity contribution in [3.05, 3.63) is 23.4 Å². The lowest BCUT2D eigenvalue weighted by Gasteiger charge is -2.07. The molecule has 0 aromatic carbocycles. The molecule has 2 aromatic rings. The number of hydrogen-bond donors (Lipinski definition) is 1. The SMILES string of the molecule is CCNc1nc(OCC)nc(Sc2ncccc2Cl)n1. The van der Waals surface area contributed by atoms with Gasteiger partial charge >= 0.3 is 6.01 Å². The Balaban J connectivity index is 2.28. The van der Waals surface area contributed by atoms with Crippen LogP contribution in [0.2, 0.25) is 5.02 Å². The minimum Gasteiger partial charge on any atom is -0.464 e. The molecule has 0 saturated carbocycles. The van der Waals surface area contributed by atoms with E-state index in [-0.39, 0.29) is 6.01 Å². The molecule has 8 heteroatoms. The minimum absolute atomic E-state index is 0.285. The number of anilines is 1. The third-order valence-corrected chi connectivity index (χ3v) is 3.42. The van der Waals surface area contributed by atoms with E-state index in [0.717, 1.165) is 0 Å². The molecule has 0 aliphatic carbocycles. The first-order chi connectivity index (χ1) is 9.72. The van der Waals surface area contributed by atoms with E-state index in [9.17, 15) is 0 Å². The summed E-state index contributed by atoms with van der Waals surface area (Å²) in [5.74, 6) is 0.473. The average molecular weight is 312 g/mol. The van der Waals surface area contributed by atoms with E-state index in [0.29, 0.717) is 34.3 Å². The molecule has 0 saturated heterocycles. The highest BCUT2D eigenvalue weighted by molar-refractivity contribution is 7.99. The van der Waals surface area contributed by atoms with Gasteiger partial charge in [-0.3, -0.25) is 0 Å². The van der Waals surface area contributed by atoms with Crippen molar-refractivity contribution >= 4 is 29.3 Å². The third-order valence-electron chi connectivity index (χ3n) is 2.12. The smallest absolute Gasteiger partial charge is 0.322 e. The van der Waals surface area contributed by atoms with Crippen LogP contribution in [0.3, 0.4) is 0 Å². The normalized spacial score (nSPS) is 10.3. The van der Waals surface area contributed by atoms with E-state index >= 15 is 0 Å². The molecule has 1 N–H and O–H groups in total. The van der Waals surface area contributed by atoms with Crippen molar-refractivity contribution in [3.63, 3.8) is 0 Å². The van der Waals surface area contributed by atoms with Crippen LogP contribution >= 0.6 is 23.4 Å². The van der Waals surface area contributed by atoms with E-state index in [4.69, 9.17) is 16.3 Å². The lowest BCUT2D eigenvalue weighted by atomic mass is 10.5. The zero-order chi connectivity index (χ0) is 14.4. The predicted molar refractivity (Wildman–Crippen MR) is 78.5 cm³/mol. The number of nitrogens with one attached hydrogen (secondary N) is 1. The Morgan fingerprint density at radius 3 is 2.85 bits per heavy atom. The van der Waals surface area contributed by atoms with E-state index in [1.807, 2.05) is 13.8 Å². The molecule has 0 unspecified atom stereocenters.